The maximum Gasteiger partial charge on any atom is 0.277 e. The number of halogens is 1. The van der Waals surface area contributed by atoms with Crippen LogP contribution in [0.4, 0.5) is 11.4 Å². The summed E-state index contributed by atoms with van der Waals surface area (Å²) in [6.07, 6.45) is 3.08. The molecule has 8 heteroatoms. The fraction of sp³-hybridized carbons (Fsp3) is 0.0189. The lowest BCUT2D eigenvalue weighted by molar-refractivity contribution is -0.384. The zero-order valence-corrected chi connectivity index (χ0v) is 35.0. The van der Waals surface area contributed by atoms with E-state index in [2.05, 4.69) is 93.9 Å². The predicted molar refractivity (Wildman–Crippen MR) is 257 cm³/mol. The molecule has 1 aliphatic rings. The summed E-state index contributed by atoms with van der Waals surface area (Å²) in [7, 11) is 0. The third-order valence-electron chi connectivity index (χ3n) is 10.4. The van der Waals surface area contributed by atoms with Crippen LogP contribution in [-0.2, 0) is 6.42 Å². The summed E-state index contributed by atoms with van der Waals surface area (Å²) in [6.45, 7) is 0. The van der Waals surface area contributed by atoms with E-state index >= 15 is 0 Å². The summed E-state index contributed by atoms with van der Waals surface area (Å²) in [5.74, 6) is 0. The van der Waals surface area contributed by atoms with Crippen LogP contribution in [0.2, 0.25) is 0 Å². The number of hydrogen-bond acceptors (Lipinski definition) is 4. The largest absolute Gasteiger partial charge is 0.309 e. The second-order valence-electron chi connectivity index (χ2n) is 14.3. The number of nitrogens with zero attached hydrogens (tertiary/aromatic N) is 3. The first-order valence-electron chi connectivity index (χ1n) is 19.7. The molecule has 61 heavy (non-hydrogen) atoms. The summed E-state index contributed by atoms with van der Waals surface area (Å²) < 4.78 is 3.52. The van der Waals surface area contributed by atoms with Crippen LogP contribution in [-0.4, -0.2) is 14.4 Å². The highest BCUT2D eigenvalue weighted by Gasteiger charge is 2.20. The highest BCUT2D eigenvalue weighted by atomic mass is 127. The average molecular weight is 908 g/mol. The molecule has 8 aromatic carbocycles. The van der Waals surface area contributed by atoms with Gasteiger partial charge in [0.15, 0.2) is 0 Å². The van der Waals surface area contributed by atoms with Crippen LogP contribution in [0.1, 0.15) is 16.7 Å². The second kappa shape index (κ2) is 18.7. The van der Waals surface area contributed by atoms with Gasteiger partial charge in [0.05, 0.1) is 32.2 Å². The quantitative estimate of drug-likeness (QED) is 0.0905. The van der Waals surface area contributed by atoms with E-state index in [1.54, 1.807) is 36.4 Å². The Labute approximate surface area is 367 Å². The number of para-hydroxylation sites is 3. The molecule has 0 unspecified atom stereocenters. The van der Waals surface area contributed by atoms with Crippen LogP contribution >= 0.6 is 22.6 Å². The van der Waals surface area contributed by atoms with Gasteiger partial charge < -0.3 is 4.57 Å². The average Bonchev–Trinajstić information content (AvgIpc) is 3.92. The molecule has 0 spiro atoms. The van der Waals surface area contributed by atoms with Gasteiger partial charge in [-0.2, -0.15) is 0 Å². The maximum absolute atomic E-state index is 11.5. The Balaban J connectivity index is 0.000000148. The molecule has 1 aromatic heterocycles. The SMILES string of the molecule is Ic1ccccc1.O=[N+]([O-])c1ccccc1-c1ccc2c(c1)C=C(c1ccccc1)C2.O=[N+]([O-])c1ccccc1-c1ccc2c(c1)cc(-c1ccccc1)n2-c1ccccc1. The van der Waals surface area contributed by atoms with Crippen LogP contribution < -0.4 is 0 Å². The zero-order valence-electron chi connectivity index (χ0n) is 32.8. The monoisotopic (exact) mass is 907 g/mol. The fourth-order valence-electron chi connectivity index (χ4n) is 7.57. The highest BCUT2D eigenvalue weighted by molar-refractivity contribution is 14.1. The first-order valence-corrected chi connectivity index (χ1v) is 20.8. The van der Waals surface area contributed by atoms with E-state index in [1.165, 1.54) is 20.3 Å². The molecule has 296 valence electrons. The van der Waals surface area contributed by atoms with Crippen LogP contribution in [0.25, 0.3) is 61.8 Å². The third-order valence-corrected chi connectivity index (χ3v) is 11.2. The van der Waals surface area contributed by atoms with Crippen molar-refractivity contribution < 1.29 is 9.85 Å². The van der Waals surface area contributed by atoms with Crippen molar-refractivity contribution >= 4 is 56.5 Å². The van der Waals surface area contributed by atoms with Gasteiger partial charge in [0, 0.05) is 26.8 Å². The van der Waals surface area contributed by atoms with Gasteiger partial charge in [-0.3, -0.25) is 20.2 Å². The Bertz CT molecular complexity index is 3000. The first-order chi connectivity index (χ1) is 29.8. The summed E-state index contributed by atoms with van der Waals surface area (Å²) in [6, 6.07) is 69.0. The lowest BCUT2D eigenvalue weighted by Gasteiger charge is -2.11. The number of benzene rings is 8. The van der Waals surface area contributed by atoms with Crippen LogP contribution in [0.15, 0.2) is 212 Å². The Morgan fingerprint density at radius 1 is 0.475 bits per heavy atom. The molecule has 0 saturated heterocycles. The molecule has 0 atom stereocenters. The topological polar surface area (TPSA) is 91.2 Å². The minimum absolute atomic E-state index is 0.114. The van der Waals surface area contributed by atoms with Crippen molar-refractivity contribution in [3.8, 4) is 39.2 Å². The first kappa shape index (κ1) is 40.4. The zero-order chi connectivity index (χ0) is 42.1. The van der Waals surface area contributed by atoms with Crippen molar-refractivity contribution in [2.75, 3.05) is 0 Å². The summed E-state index contributed by atoms with van der Waals surface area (Å²) in [5, 5.41) is 23.8. The number of hydrogen-bond donors (Lipinski definition) is 0. The molecular formula is C53H38IN3O4. The number of aromatic nitrogens is 1. The molecule has 1 heterocycles. The van der Waals surface area contributed by atoms with Crippen LogP contribution in [0.5, 0.6) is 0 Å². The number of rotatable bonds is 7. The number of allylic oxidation sites excluding steroid dienone is 1. The lowest BCUT2D eigenvalue weighted by Crippen LogP contribution is -1.96. The van der Waals surface area contributed by atoms with Gasteiger partial charge in [-0.05, 0) is 129 Å². The van der Waals surface area contributed by atoms with Gasteiger partial charge in [0.1, 0.15) is 0 Å². The lowest BCUT2D eigenvalue weighted by atomic mass is 9.99. The third kappa shape index (κ3) is 9.25. The molecule has 0 bridgehead atoms. The number of nitro benzene ring substituents is 2. The van der Waals surface area contributed by atoms with Crippen LogP contribution in [0, 0.1) is 23.8 Å². The normalized spacial score (nSPS) is 11.3. The minimum Gasteiger partial charge on any atom is -0.309 e. The molecule has 0 saturated carbocycles. The van der Waals surface area contributed by atoms with Crippen molar-refractivity contribution in [2.24, 2.45) is 0 Å². The Morgan fingerprint density at radius 2 is 0.967 bits per heavy atom. The fourth-order valence-corrected chi connectivity index (χ4v) is 7.98. The minimum atomic E-state index is -0.329. The number of nitro groups is 2. The van der Waals surface area contributed by atoms with E-state index in [0.717, 1.165) is 51.0 Å². The van der Waals surface area contributed by atoms with Crippen LogP contribution in [0.3, 0.4) is 0 Å². The molecular weight excluding hydrogens is 870 g/mol. The smallest absolute Gasteiger partial charge is 0.277 e. The van der Waals surface area contributed by atoms with E-state index in [-0.39, 0.29) is 21.2 Å². The molecule has 0 fully saturated rings. The Hall–Kier alpha value is -7.43. The molecule has 1 aliphatic carbocycles. The Morgan fingerprint density at radius 3 is 1.52 bits per heavy atom. The van der Waals surface area contributed by atoms with Crippen molar-refractivity contribution in [3.05, 3.63) is 253 Å². The van der Waals surface area contributed by atoms with Crippen molar-refractivity contribution in [1.82, 2.24) is 4.57 Å². The molecule has 0 aliphatic heterocycles. The molecule has 7 nitrogen and oxygen atoms in total. The summed E-state index contributed by atoms with van der Waals surface area (Å²) in [4.78, 5) is 22.1. The Kier molecular flexibility index (Phi) is 12.3. The molecule has 0 N–H and O–H groups in total. The molecule has 9 aromatic rings. The van der Waals surface area contributed by atoms with Crippen molar-refractivity contribution in [1.29, 1.82) is 0 Å². The van der Waals surface area contributed by atoms with Gasteiger partial charge in [-0.15, -0.1) is 0 Å². The number of fused-ring (bicyclic) bond motifs is 2. The highest BCUT2D eigenvalue weighted by Crippen LogP contribution is 2.38. The standard InChI is InChI=1S/C26H18N2O2.C21H15NO2.C6H5I/c29-28(30)25-14-8-7-13-23(25)20-15-16-24-21(17-20)18-26(19-9-3-1-4-10-19)27(24)22-11-5-2-6-12-22;23-22(24)21-9-5-4-8-20(21)17-11-10-16-12-18(14-19(16)13-17)15-6-2-1-3-7-15;7-6-4-2-1-3-5-6/h1-18H;1-11,13-14H,12H2;1-5H. The van der Waals surface area contributed by atoms with E-state index < -0.39 is 0 Å². The molecule has 10 rings (SSSR count). The van der Waals surface area contributed by atoms with Crippen molar-refractivity contribution in [3.63, 3.8) is 0 Å². The maximum atomic E-state index is 11.5. The predicted octanol–water partition coefficient (Wildman–Crippen LogP) is 14.5. The molecule has 0 radical (unpaired) electrons. The van der Waals surface area contributed by atoms with Gasteiger partial charge in [-0.1, -0.05) is 146 Å². The summed E-state index contributed by atoms with van der Waals surface area (Å²) >= 11 is 2.28. The van der Waals surface area contributed by atoms with Gasteiger partial charge in [0.2, 0.25) is 0 Å². The van der Waals surface area contributed by atoms with Gasteiger partial charge in [-0.25, -0.2) is 0 Å². The van der Waals surface area contributed by atoms with Gasteiger partial charge >= 0.3 is 0 Å². The van der Waals surface area contributed by atoms with E-state index in [9.17, 15) is 20.2 Å². The van der Waals surface area contributed by atoms with Crippen molar-refractivity contribution in [2.45, 2.75) is 6.42 Å². The van der Waals surface area contributed by atoms with E-state index in [1.807, 2.05) is 115 Å². The summed E-state index contributed by atoms with van der Waals surface area (Å²) in [5.41, 5.74) is 12.5. The van der Waals surface area contributed by atoms with Gasteiger partial charge in [0.25, 0.3) is 11.4 Å². The second-order valence-corrected chi connectivity index (χ2v) is 15.6. The van der Waals surface area contributed by atoms with E-state index in [4.69, 9.17) is 0 Å². The molecule has 0 amide bonds. The van der Waals surface area contributed by atoms with E-state index in [0.29, 0.717) is 11.1 Å².